The topological polar surface area (TPSA) is 49.3 Å². The summed E-state index contributed by atoms with van der Waals surface area (Å²) in [5, 5.41) is 11.7. The molecule has 0 bridgehead atoms. The molecule has 0 aromatic carbocycles. The van der Waals surface area contributed by atoms with E-state index in [-0.39, 0.29) is 6.04 Å². The lowest BCUT2D eigenvalue weighted by molar-refractivity contribution is -0.139. The molecule has 0 rings (SSSR count). The zero-order valence-electron chi connectivity index (χ0n) is 7.74. The molecular formula is C8H17NO2S. The van der Waals surface area contributed by atoms with Crippen LogP contribution in [0.5, 0.6) is 0 Å². The maximum absolute atomic E-state index is 10.6. The summed E-state index contributed by atoms with van der Waals surface area (Å²) in [4.78, 5) is 10.6. The van der Waals surface area contributed by atoms with Crippen molar-refractivity contribution in [3.63, 3.8) is 0 Å². The highest BCUT2D eigenvalue weighted by molar-refractivity contribution is 7.80. The van der Waals surface area contributed by atoms with Gasteiger partial charge in [-0.2, -0.15) is 12.6 Å². The van der Waals surface area contributed by atoms with Crippen LogP contribution >= 0.6 is 12.6 Å². The molecule has 0 heterocycles. The fourth-order valence-electron chi connectivity index (χ4n) is 0.712. The van der Waals surface area contributed by atoms with Crippen molar-refractivity contribution in [3.05, 3.63) is 0 Å². The predicted molar refractivity (Wildman–Crippen MR) is 52.7 cm³/mol. The van der Waals surface area contributed by atoms with Crippen LogP contribution in [0.4, 0.5) is 0 Å². The van der Waals surface area contributed by atoms with Crippen LogP contribution in [0.1, 0.15) is 20.8 Å². The summed E-state index contributed by atoms with van der Waals surface area (Å²) in [5.41, 5.74) is 0. The molecule has 0 aromatic rings. The van der Waals surface area contributed by atoms with E-state index in [0.717, 1.165) is 0 Å². The monoisotopic (exact) mass is 191 g/mol. The number of aliphatic carboxylic acids is 1. The van der Waals surface area contributed by atoms with Crippen molar-refractivity contribution in [1.29, 1.82) is 0 Å². The van der Waals surface area contributed by atoms with Crippen LogP contribution in [-0.2, 0) is 4.79 Å². The number of carboxylic acid groups (broad SMARTS) is 1. The van der Waals surface area contributed by atoms with Gasteiger partial charge in [0.05, 0.1) is 0 Å². The van der Waals surface area contributed by atoms with E-state index in [0.29, 0.717) is 11.7 Å². The van der Waals surface area contributed by atoms with Crippen molar-refractivity contribution in [3.8, 4) is 0 Å². The molecule has 2 atom stereocenters. The Balaban J connectivity index is 3.94. The fraction of sp³-hybridized carbons (Fsp3) is 0.875. The number of thiol groups is 1. The zero-order chi connectivity index (χ0) is 9.72. The van der Waals surface area contributed by atoms with E-state index in [9.17, 15) is 4.79 Å². The smallest absolute Gasteiger partial charge is 0.321 e. The number of rotatable bonds is 5. The van der Waals surface area contributed by atoms with E-state index in [2.05, 4.69) is 31.8 Å². The molecule has 4 heteroatoms. The third kappa shape index (κ3) is 3.97. The van der Waals surface area contributed by atoms with Crippen LogP contribution in [0.2, 0.25) is 0 Å². The number of nitrogens with one attached hydrogen (secondary N) is 1. The molecule has 0 fully saturated rings. The Morgan fingerprint density at radius 3 is 2.25 bits per heavy atom. The molecule has 3 nitrogen and oxygen atoms in total. The summed E-state index contributed by atoms with van der Waals surface area (Å²) >= 11 is 3.95. The Hall–Kier alpha value is -0.220. The average molecular weight is 191 g/mol. The van der Waals surface area contributed by atoms with Crippen molar-refractivity contribution in [2.75, 3.05) is 5.75 Å². The first kappa shape index (κ1) is 11.8. The summed E-state index contributed by atoms with van der Waals surface area (Å²) in [6, 6.07) is -0.330. The lowest BCUT2D eigenvalue weighted by atomic mass is 10.1. The minimum absolute atomic E-state index is 0.207. The Bertz CT molecular complexity index is 150. The summed E-state index contributed by atoms with van der Waals surface area (Å²) in [5.74, 6) is -0.0731. The zero-order valence-corrected chi connectivity index (χ0v) is 8.64. The first-order valence-electron chi connectivity index (χ1n) is 4.08. The van der Waals surface area contributed by atoms with Crippen LogP contribution in [0.15, 0.2) is 0 Å². The molecule has 12 heavy (non-hydrogen) atoms. The first-order valence-corrected chi connectivity index (χ1v) is 4.72. The van der Waals surface area contributed by atoms with Gasteiger partial charge in [-0.25, -0.2) is 0 Å². The van der Waals surface area contributed by atoms with E-state index in [1.54, 1.807) is 0 Å². The van der Waals surface area contributed by atoms with Gasteiger partial charge in [0.1, 0.15) is 6.04 Å². The molecule has 0 aromatic heterocycles. The molecule has 0 saturated carbocycles. The molecule has 2 N–H and O–H groups in total. The summed E-state index contributed by atoms with van der Waals surface area (Å²) in [7, 11) is 0. The number of hydrogen-bond acceptors (Lipinski definition) is 3. The predicted octanol–water partition coefficient (Wildman–Crippen LogP) is 1.00. The molecule has 0 spiro atoms. The first-order chi connectivity index (χ1) is 5.49. The summed E-state index contributed by atoms with van der Waals surface area (Å²) in [6.45, 7) is 6.08. The van der Waals surface area contributed by atoms with E-state index < -0.39 is 12.0 Å². The molecule has 0 aliphatic heterocycles. The van der Waals surface area contributed by atoms with Gasteiger partial charge in [0, 0.05) is 11.8 Å². The lowest BCUT2D eigenvalue weighted by Gasteiger charge is -2.21. The van der Waals surface area contributed by atoms with Crippen molar-refractivity contribution in [2.24, 2.45) is 5.92 Å². The van der Waals surface area contributed by atoms with Gasteiger partial charge >= 0.3 is 5.97 Å². The van der Waals surface area contributed by atoms with Crippen LogP contribution in [0, 0.1) is 5.92 Å². The molecule has 0 radical (unpaired) electrons. The Kier molecular flexibility index (Phi) is 5.33. The Morgan fingerprint density at radius 1 is 1.50 bits per heavy atom. The molecule has 0 aliphatic rings. The highest BCUT2D eigenvalue weighted by Crippen LogP contribution is 2.02. The average Bonchev–Trinajstić information content (AvgIpc) is 1.98. The maximum Gasteiger partial charge on any atom is 0.321 e. The van der Waals surface area contributed by atoms with Crippen LogP contribution in [-0.4, -0.2) is 28.9 Å². The fourth-order valence-corrected chi connectivity index (χ4v) is 0.973. The van der Waals surface area contributed by atoms with E-state index in [1.807, 2.05) is 6.92 Å². The highest BCUT2D eigenvalue weighted by atomic mass is 32.1. The molecular weight excluding hydrogens is 174 g/mol. The summed E-state index contributed by atoms with van der Waals surface area (Å²) < 4.78 is 0. The van der Waals surface area contributed by atoms with E-state index in [1.165, 1.54) is 0 Å². The quantitative estimate of drug-likeness (QED) is 0.568. The van der Waals surface area contributed by atoms with Gasteiger partial charge in [-0.15, -0.1) is 0 Å². The Morgan fingerprint density at radius 2 is 2.00 bits per heavy atom. The molecule has 0 aliphatic carbocycles. The molecule has 1 unspecified atom stereocenters. The van der Waals surface area contributed by atoms with E-state index >= 15 is 0 Å². The lowest BCUT2D eigenvalue weighted by Crippen LogP contribution is -2.45. The minimum atomic E-state index is -0.836. The van der Waals surface area contributed by atoms with Crippen LogP contribution in [0.3, 0.4) is 0 Å². The minimum Gasteiger partial charge on any atom is -0.480 e. The number of carbonyl (C=O) groups is 1. The Labute approximate surface area is 79.0 Å². The van der Waals surface area contributed by atoms with Gasteiger partial charge in [-0.05, 0) is 12.8 Å². The van der Waals surface area contributed by atoms with Gasteiger partial charge < -0.3 is 10.4 Å². The van der Waals surface area contributed by atoms with Gasteiger partial charge in [-0.1, -0.05) is 13.8 Å². The number of carboxylic acids is 1. The molecule has 72 valence electrons. The van der Waals surface area contributed by atoms with Crippen molar-refractivity contribution in [1.82, 2.24) is 5.32 Å². The highest BCUT2D eigenvalue weighted by Gasteiger charge is 2.18. The third-order valence-corrected chi connectivity index (χ3v) is 2.31. The van der Waals surface area contributed by atoms with Crippen molar-refractivity contribution in [2.45, 2.75) is 32.9 Å². The third-order valence-electron chi connectivity index (χ3n) is 1.94. The largest absolute Gasteiger partial charge is 0.480 e. The van der Waals surface area contributed by atoms with Gasteiger partial charge in [0.25, 0.3) is 0 Å². The van der Waals surface area contributed by atoms with Crippen molar-refractivity contribution >= 4 is 18.6 Å². The van der Waals surface area contributed by atoms with E-state index in [4.69, 9.17) is 5.11 Å². The standard InChI is InChI=1S/C8H17NO2S/c1-5(2)6(3)9-7(4-12)8(10)11/h5-7,9,12H,4H2,1-3H3,(H,10,11)/t6?,7-/m0/s1. The normalized spacial score (nSPS) is 16.1. The van der Waals surface area contributed by atoms with Crippen molar-refractivity contribution < 1.29 is 9.90 Å². The SMILES string of the molecule is CC(C)C(C)N[C@@H](CS)C(=O)O. The molecule has 0 saturated heterocycles. The second-order valence-electron chi connectivity index (χ2n) is 3.27. The van der Waals surface area contributed by atoms with Crippen LogP contribution in [0.25, 0.3) is 0 Å². The van der Waals surface area contributed by atoms with Gasteiger partial charge in [-0.3, -0.25) is 4.79 Å². The van der Waals surface area contributed by atoms with Crippen LogP contribution < -0.4 is 5.32 Å². The summed E-state index contributed by atoms with van der Waals surface area (Å²) in [6.07, 6.45) is 0. The second kappa shape index (κ2) is 5.43. The van der Waals surface area contributed by atoms with Gasteiger partial charge in [0.2, 0.25) is 0 Å². The van der Waals surface area contributed by atoms with Gasteiger partial charge in [0.15, 0.2) is 0 Å². The second-order valence-corrected chi connectivity index (χ2v) is 3.64. The maximum atomic E-state index is 10.6. The molecule has 0 amide bonds. The number of hydrogen-bond donors (Lipinski definition) is 3.